The number of aryl methyl sites for hydroxylation is 1. The number of hydroxylamine groups is 1. The maximum absolute atomic E-state index is 12.5. The Labute approximate surface area is 193 Å². The van der Waals surface area contributed by atoms with E-state index in [0.29, 0.717) is 17.2 Å². The van der Waals surface area contributed by atoms with Crippen molar-refractivity contribution in [3.63, 3.8) is 0 Å². The zero-order chi connectivity index (χ0) is 23.8. The van der Waals surface area contributed by atoms with Crippen LogP contribution in [-0.4, -0.2) is 43.4 Å². The first-order valence-corrected chi connectivity index (χ1v) is 12.0. The lowest BCUT2D eigenvalue weighted by molar-refractivity contribution is -0.131. The summed E-state index contributed by atoms with van der Waals surface area (Å²) >= 11 is 0. The van der Waals surface area contributed by atoms with Gasteiger partial charge in [0.2, 0.25) is 10.0 Å². The van der Waals surface area contributed by atoms with Gasteiger partial charge in [-0.2, -0.15) is 0 Å². The average molecular weight is 471 g/mol. The second-order valence-electron chi connectivity index (χ2n) is 7.47. The van der Waals surface area contributed by atoms with E-state index in [-0.39, 0.29) is 13.1 Å². The Morgan fingerprint density at radius 2 is 1.73 bits per heavy atom. The van der Waals surface area contributed by atoms with E-state index < -0.39 is 22.0 Å². The molecule has 1 atom stereocenters. The van der Waals surface area contributed by atoms with Crippen LogP contribution >= 0.6 is 0 Å². The summed E-state index contributed by atoms with van der Waals surface area (Å²) in [5.74, 6) is 0.440. The number of benzene rings is 2. The molecule has 3 N–H and O–H groups in total. The summed E-state index contributed by atoms with van der Waals surface area (Å²) in [5, 5.41) is 12.1. The standard InChI is InChI=1S/C23H26N4O5S/c1-17-5-9-20(10-6-17)32-21-11-7-19(8-12-21)27(33(2,30)31)16-22(23(28)26-29)25-15-18-4-3-13-24-14-18/h3-14,22,25,29H,15-16H2,1-2H3,(H,26,28)/t22-/m0/s1. The number of hydrogen-bond acceptors (Lipinski definition) is 7. The lowest BCUT2D eigenvalue weighted by Crippen LogP contribution is -2.51. The molecule has 33 heavy (non-hydrogen) atoms. The quantitative estimate of drug-likeness (QED) is 0.308. The van der Waals surface area contributed by atoms with Gasteiger partial charge < -0.3 is 10.1 Å². The number of carbonyl (C=O) groups is 1. The fraction of sp³-hybridized carbons (Fsp3) is 0.217. The van der Waals surface area contributed by atoms with Crippen molar-refractivity contribution in [2.24, 2.45) is 0 Å². The van der Waals surface area contributed by atoms with Crippen LogP contribution in [0.3, 0.4) is 0 Å². The van der Waals surface area contributed by atoms with Crippen LogP contribution in [0.25, 0.3) is 0 Å². The van der Waals surface area contributed by atoms with E-state index in [4.69, 9.17) is 9.94 Å². The van der Waals surface area contributed by atoms with Gasteiger partial charge in [-0.15, -0.1) is 0 Å². The fourth-order valence-electron chi connectivity index (χ4n) is 3.08. The molecule has 0 spiro atoms. The van der Waals surface area contributed by atoms with E-state index in [2.05, 4.69) is 10.3 Å². The number of amides is 1. The lowest BCUT2D eigenvalue weighted by atomic mass is 10.2. The third-order valence-corrected chi connectivity index (χ3v) is 5.99. The Balaban J connectivity index is 1.77. The van der Waals surface area contributed by atoms with Gasteiger partial charge in [0.05, 0.1) is 18.5 Å². The van der Waals surface area contributed by atoms with Crippen LogP contribution in [0.1, 0.15) is 11.1 Å². The molecule has 0 radical (unpaired) electrons. The second kappa shape index (κ2) is 10.9. The molecule has 10 heteroatoms. The van der Waals surface area contributed by atoms with Gasteiger partial charge in [0.15, 0.2) is 0 Å². The lowest BCUT2D eigenvalue weighted by Gasteiger charge is -2.27. The first-order valence-electron chi connectivity index (χ1n) is 10.1. The Morgan fingerprint density at radius 3 is 2.27 bits per heavy atom. The minimum absolute atomic E-state index is 0.232. The number of anilines is 1. The molecule has 0 aliphatic heterocycles. The summed E-state index contributed by atoms with van der Waals surface area (Å²) in [6.45, 7) is 2.00. The van der Waals surface area contributed by atoms with Crippen molar-refractivity contribution in [3.05, 3.63) is 84.2 Å². The maximum atomic E-state index is 12.5. The summed E-state index contributed by atoms with van der Waals surface area (Å²) in [5.41, 5.74) is 3.86. The molecule has 0 saturated carbocycles. The molecule has 0 bridgehead atoms. The molecule has 0 fully saturated rings. The van der Waals surface area contributed by atoms with Crippen molar-refractivity contribution in [1.29, 1.82) is 0 Å². The third-order valence-electron chi connectivity index (χ3n) is 4.83. The molecule has 3 rings (SSSR count). The highest BCUT2D eigenvalue weighted by molar-refractivity contribution is 7.92. The fourth-order valence-corrected chi connectivity index (χ4v) is 4.01. The minimum Gasteiger partial charge on any atom is -0.457 e. The van der Waals surface area contributed by atoms with Crippen molar-refractivity contribution >= 4 is 21.6 Å². The first kappa shape index (κ1) is 24.2. The van der Waals surface area contributed by atoms with E-state index in [1.54, 1.807) is 48.2 Å². The minimum atomic E-state index is -3.74. The van der Waals surface area contributed by atoms with Crippen LogP contribution in [0.15, 0.2) is 73.1 Å². The summed E-state index contributed by atoms with van der Waals surface area (Å²) in [6.07, 6.45) is 4.31. The monoisotopic (exact) mass is 470 g/mol. The topological polar surface area (TPSA) is 121 Å². The van der Waals surface area contributed by atoms with Crippen molar-refractivity contribution in [1.82, 2.24) is 15.8 Å². The maximum Gasteiger partial charge on any atom is 0.262 e. The molecule has 174 valence electrons. The molecule has 1 aromatic heterocycles. The molecule has 9 nitrogen and oxygen atoms in total. The number of hydrogen-bond donors (Lipinski definition) is 3. The number of nitrogens with zero attached hydrogens (tertiary/aromatic N) is 2. The Morgan fingerprint density at radius 1 is 1.09 bits per heavy atom. The molecular formula is C23H26N4O5S. The van der Waals surface area contributed by atoms with E-state index in [0.717, 1.165) is 21.7 Å². The number of sulfonamides is 1. The van der Waals surface area contributed by atoms with Crippen LogP contribution in [0.2, 0.25) is 0 Å². The van der Waals surface area contributed by atoms with Crippen molar-refractivity contribution < 1.29 is 23.2 Å². The second-order valence-corrected chi connectivity index (χ2v) is 9.38. The molecule has 0 aliphatic rings. The number of nitrogens with one attached hydrogen (secondary N) is 2. The van der Waals surface area contributed by atoms with Gasteiger partial charge in [0.1, 0.15) is 17.5 Å². The van der Waals surface area contributed by atoms with E-state index in [1.807, 2.05) is 37.3 Å². The normalized spacial score (nSPS) is 12.1. The Hall–Kier alpha value is -3.47. The molecule has 1 heterocycles. The number of carbonyl (C=O) groups excluding carboxylic acids is 1. The first-order chi connectivity index (χ1) is 15.8. The van der Waals surface area contributed by atoms with Crippen molar-refractivity contribution in [3.8, 4) is 11.5 Å². The van der Waals surface area contributed by atoms with Gasteiger partial charge in [0, 0.05) is 18.9 Å². The number of ether oxygens (including phenoxy) is 1. The molecule has 2 aromatic carbocycles. The molecule has 0 unspecified atom stereocenters. The van der Waals surface area contributed by atoms with Gasteiger partial charge in [-0.1, -0.05) is 23.8 Å². The predicted molar refractivity (Wildman–Crippen MR) is 125 cm³/mol. The highest BCUT2D eigenvalue weighted by Crippen LogP contribution is 2.26. The van der Waals surface area contributed by atoms with E-state index in [1.165, 1.54) is 0 Å². The van der Waals surface area contributed by atoms with E-state index in [9.17, 15) is 13.2 Å². The van der Waals surface area contributed by atoms with Gasteiger partial charge in [-0.05, 0) is 55.0 Å². The predicted octanol–water partition coefficient (Wildman–Crippen LogP) is 2.61. The summed E-state index contributed by atoms with van der Waals surface area (Å²) in [4.78, 5) is 16.2. The number of aromatic nitrogens is 1. The SMILES string of the molecule is Cc1ccc(Oc2ccc(N(C[C@H](NCc3cccnc3)C(=O)NO)S(C)(=O)=O)cc2)cc1. The zero-order valence-corrected chi connectivity index (χ0v) is 19.1. The van der Waals surface area contributed by atoms with Gasteiger partial charge in [-0.25, -0.2) is 13.9 Å². The van der Waals surface area contributed by atoms with Crippen molar-refractivity contribution in [2.45, 2.75) is 19.5 Å². The Kier molecular flexibility index (Phi) is 7.99. The van der Waals surface area contributed by atoms with Crippen LogP contribution in [0.5, 0.6) is 11.5 Å². The molecular weight excluding hydrogens is 444 g/mol. The molecule has 3 aromatic rings. The molecule has 1 amide bonds. The Bertz CT molecular complexity index is 1150. The van der Waals surface area contributed by atoms with E-state index >= 15 is 0 Å². The smallest absolute Gasteiger partial charge is 0.262 e. The summed E-state index contributed by atoms with van der Waals surface area (Å²) in [7, 11) is -3.74. The van der Waals surface area contributed by atoms with Gasteiger partial charge >= 0.3 is 0 Å². The largest absolute Gasteiger partial charge is 0.457 e. The summed E-state index contributed by atoms with van der Waals surface area (Å²) < 4.78 is 31.9. The highest BCUT2D eigenvalue weighted by atomic mass is 32.2. The molecule has 0 saturated heterocycles. The number of pyridine rings is 1. The molecule has 0 aliphatic carbocycles. The third kappa shape index (κ3) is 7.01. The number of rotatable bonds is 10. The van der Waals surface area contributed by atoms with Crippen LogP contribution in [-0.2, 0) is 21.4 Å². The average Bonchev–Trinajstić information content (AvgIpc) is 2.81. The summed E-state index contributed by atoms with van der Waals surface area (Å²) in [6, 6.07) is 16.6. The van der Waals surface area contributed by atoms with Gasteiger partial charge in [0.25, 0.3) is 5.91 Å². The van der Waals surface area contributed by atoms with Gasteiger partial charge in [-0.3, -0.25) is 19.3 Å². The zero-order valence-electron chi connectivity index (χ0n) is 18.3. The van der Waals surface area contributed by atoms with Crippen LogP contribution in [0.4, 0.5) is 5.69 Å². The van der Waals surface area contributed by atoms with Crippen LogP contribution in [0, 0.1) is 6.92 Å². The van der Waals surface area contributed by atoms with Crippen LogP contribution < -0.4 is 19.8 Å². The van der Waals surface area contributed by atoms with Crippen molar-refractivity contribution in [2.75, 3.05) is 17.1 Å². The highest BCUT2D eigenvalue weighted by Gasteiger charge is 2.26.